The smallest absolute Gasteiger partial charge is 0.311 e. The maximum Gasteiger partial charge on any atom is 0.384 e. The molecule has 0 N–H and O–H groups in total. The fourth-order valence-electron chi connectivity index (χ4n) is 2.53. The minimum atomic E-state index is -7.62. The Morgan fingerprint density at radius 2 is 0.939 bits per heavy atom. The standard InChI is InChI=1S/C16H18F12N2S3/c1-10(2,3)5-29-7(31)8(32)30(9(29)33)6-12(19,20)14(23,24)16(27,28)15(25,26)13(21,22)11(4,17)18/h31-32H,5-6H2,1-4H3. The van der Waals surface area contributed by atoms with Crippen molar-refractivity contribution < 1.29 is 52.7 Å². The first-order valence-electron chi connectivity index (χ1n) is 8.65. The molecule has 0 atom stereocenters. The second kappa shape index (κ2) is 8.45. The number of nitrogens with zero attached hydrogens (tertiary/aromatic N) is 2. The van der Waals surface area contributed by atoms with Crippen LogP contribution in [0.3, 0.4) is 0 Å². The van der Waals surface area contributed by atoms with Crippen LogP contribution in [0.1, 0.15) is 27.7 Å². The number of hydrogen-bond acceptors (Lipinski definition) is 3. The summed E-state index contributed by atoms with van der Waals surface area (Å²) in [6.07, 6.45) is 0. The summed E-state index contributed by atoms with van der Waals surface area (Å²) in [4.78, 5) is 0. The van der Waals surface area contributed by atoms with E-state index in [1.807, 2.05) is 0 Å². The second-order valence-electron chi connectivity index (χ2n) is 8.55. The molecule has 0 radical (unpaired) electrons. The van der Waals surface area contributed by atoms with Crippen LogP contribution >= 0.6 is 37.5 Å². The maximum atomic E-state index is 14.3. The topological polar surface area (TPSA) is 9.86 Å². The molecular weight excluding hydrogens is 544 g/mol. The molecule has 17 heteroatoms. The Morgan fingerprint density at radius 3 is 1.27 bits per heavy atom. The monoisotopic (exact) mass is 562 g/mol. The van der Waals surface area contributed by atoms with Crippen molar-refractivity contribution in [3.8, 4) is 0 Å². The van der Waals surface area contributed by atoms with Crippen molar-refractivity contribution in [2.24, 2.45) is 5.41 Å². The van der Waals surface area contributed by atoms with Crippen LogP contribution in [-0.2, 0) is 13.1 Å². The Kier molecular flexibility index (Phi) is 7.76. The zero-order valence-electron chi connectivity index (χ0n) is 17.1. The van der Waals surface area contributed by atoms with Crippen molar-refractivity contribution in [2.75, 3.05) is 0 Å². The molecule has 0 aliphatic heterocycles. The zero-order valence-corrected chi connectivity index (χ0v) is 19.8. The van der Waals surface area contributed by atoms with Gasteiger partial charge in [-0.1, -0.05) is 20.8 Å². The molecule has 194 valence electrons. The molecule has 0 saturated carbocycles. The Balaban J connectivity index is 3.58. The number of halogens is 12. The minimum Gasteiger partial charge on any atom is -0.311 e. The van der Waals surface area contributed by atoms with Crippen molar-refractivity contribution in [1.29, 1.82) is 0 Å². The van der Waals surface area contributed by atoms with Crippen LogP contribution in [0, 0.1) is 10.2 Å². The van der Waals surface area contributed by atoms with Crippen LogP contribution in [0.4, 0.5) is 52.7 Å². The summed E-state index contributed by atoms with van der Waals surface area (Å²) in [5.41, 5.74) is -0.597. The molecule has 0 aliphatic carbocycles. The maximum absolute atomic E-state index is 14.3. The van der Waals surface area contributed by atoms with Crippen LogP contribution in [0.5, 0.6) is 0 Å². The SMILES string of the molecule is CC(C)(C)Cn1c(S)c(S)n(CC(F)(F)C(F)(F)C(F)(F)C(F)(F)C(F)(F)C(C)(F)F)c1=S. The molecule has 1 rings (SSSR count). The van der Waals surface area contributed by atoms with Gasteiger partial charge in [-0.3, -0.25) is 0 Å². The van der Waals surface area contributed by atoms with Gasteiger partial charge >= 0.3 is 35.5 Å². The van der Waals surface area contributed by atoms with Gasteiger partial charge in [-0.05, 0) is 17.6 Å². The summed E-state index contributed by atoms with van der Waals surface area (Å²) >= 11 is 12.5. The van der Waals surface area contributed by atoms with Gasteiger partial charge in [-0.25, -0.2) is 0 Å². The molecule has 1 heterocycles. The lowest BCUT2D eigenvalue weighted by Gasteiger charge is -2.40. The van der Waals surface area contributed by atoms with E-state index in [9.17, 15) is 52.7 Å². The highest BCUT2D eigenvalue weighted by Gasteiger charge is 2.89. The van der Waals surface area contributed by atoms with Gasteiger partial charge in [0.25, 0.3) is 0 Å². The van der Waals surface area contributed by atoms with Gasteiger partial charge in [-0.2, -0.15) is 52.7 Å². The van der Waals surface area contributed by atoms with E-state index in [-0.39, 0.29) is 16.1 Å². The van der Waals surface area contributed by atoms with Crippen molar-refractivity contribution >= 4 is 37.5 Å². The van der Waals surface area contributed by atoms with E-state index in [1.54, 1.807) is 20.8 Å². The van der Waals surface area contributed by atoms with Gasteiger partial charge in [0.1, 0.15) is 10.1 Å². The number of alkyl halides is 12. The summed E-state index contributed by atoms with van der Waals surface area (Å²) < 4.78 is 164. The fourth-order valence-corrected chi connectivity index (χ4v) is 3.54. The normalized spacial score (nSPS) is 15.3. The predicted molar refractivity (Wildman–Crippen MR) is 103 cm³/mol. The second-order valence-corrected chi connectivity index (χ2v) is 9.77. The van der Waals surface area contributed by atoms with Crippen LogP contribution in [0.2, 0.25) is 0 Å². The number of aromatic nitrogens is 2. The summed E-state index contributed by atoms with van der Waals surface area (Å²) in [5.74, 6) is -41.7. The molecule has 1 aromatic rings. The van der Waals surface area contributed by atoms with Crippen molar-refractivity contribution in [2.45, 2.75) is 86.4 Å². The van der Waals surface area contributed by atoms with E-state index in [2.05, 4.69) is 25.3 Å². The summed E-state index contributed by atoms with van der Waals surface area (Å²) in [6, 6.07) is 0. The van der Waals surface area contributed by atoms with Gasteiger partial charge in [0.05, 0.1) is 6.54 Å². The first-order chi connectivity index (χ1) is 14.2. The largest absolute Gasteiger partial charge is 0.384 e. The molecule has 0 saturated heterocycles. The fraction of sp³-hybridized carbons (Fsp3) is 0.812. The highest BCUT2D eigenvalue weighted by Crippen LogP contribution is 2.60. The zero-order chi connectivity index (χ0) is 26.8. The van der Waals surface area contributed by atoms with Crippen LogP contribution in [-0.4, -0.2) is 44.7 Å². The lowest BCUT2D eigenvalue weighted by Crippen LogP contribution is -2.70. The third-order valence-electron chi connectivity index (χ3n) is 4.36. The van der Waals surface area contributed by atoms with E-state index in [1.165, 1.54) is 0 Å². The van der Waals surface area contributed by atoms with Gasteiger partial charge in [0.15, 0.2) is 4.77 Å². The van der Waals surface area contributed by atoms with Gasteiger partial charge in [-0.15, -0.1) is 25.3 Å². The molecule has 2 nitrogen and oxygen atoms in total. The van der Waals surface area contributed by atoms with E-state index in [0.29, 0.717) is 0 Å². The van der Waals surface area contributed by atoms with Gasteiger partial charge < -0.3 is 9.13 Å². The molecule has 0 aromatic carbocycles. The van der Waals surface area contributed by atoms with Gasteiger partial charge in [0, 0.05) is 13.5 Å². The number of thiol groups is 2. The summed E-state index contributed by atoms with van der Waals surface area (Å²) in [5, 5.41) is -0.921. The number of rotatable bonds is 8. The lowest BCUT2D eigenvalue weighted by atomic mass is 9.92. The van der Waals surface area contributed by atoms with Crippen LogP contribution < -0.4 is 0 Å². The molecule has 0 bridgehead atoms. The molecule has 0 amide bonds. The van der Waals surface area contributed by atoms with E-state index < -0.39 is 64.2 Å². The number of hydrogen-bond donors (Lipinski definition) is 2. The van der Waals surface area contributed by atoms with E-state index in [4.69, 9.17) is 12.2 Å². The van der Waals surface area contributed by atoms with Crippen LogP contribution in [0.15, 0.2) is 10.1 Å². The molecular formula is C16H18F12N2S3. The Hall–Kier alpha value is -0.710. The lowest BCUT2D eigenvalue weighted by molar-refractivity contribution is -0.424. The highest BCUT2D eigenvalue weighted by molar-refractivity contribution is 7.83. The Bertz CT molecular complexity index is 938. The quantitative estimate of drug-likeness (QED) is 0.190. The van der Waals surface area contributed by atoms with Crippen LogP contribution in [0.25, 0.3) is 0 Å². The Labute approximate surface area is 196 Å². The Morgan fingerprint density at radius 1 is 0.606 bits per heavy atom. The van der Waals surface area contributed by atoms with Crippen molar-refractivity contribution in [3.05, 3.63) is 4.77 Å². The minimum absolute atomic E-state index is 0.0563. The van der Waals surface area contributed by atoms with Crippen molar-refractivity contribution in [3.63, 3.8) is 0 Å². The first-order valence-corrected chi connectivity index (χ1v) is 9.96. The predicted octanol–water partition coefficient (Wildman–Crippen LogP) is 7.47. The summed E-state index contributed by atoms with van der Waals surface area (Å²) in [7, 11) is 0. The first kappa shape index (κ1) is 30.3. The average molecular weight is 563 g/mol. The highest BCUT2D eigenvalue weighted by atomic mass is 32.1. The third kappa shape index (κ3) is 4.86. The molecule has 0 fully saturated rings. The van der Waals surface area contributed by atoms with E-state index >= 15 is 0 Å². The molecule has 0 unspecified atom stereocenters. The van der Waals surface area contributed by atoms with Gasteiger partial charge in [0.2, 0.25) is 0 Å². The average Bonchev–Trinajstić information content (AvgIpc) is 2.76. The molecule has 0 aliphatic rings. The molecule has 1 aromatic heterocycles. The molecule has 0 spiro atoms. The summed E-state index contributed by atoms with van der Waals surface area (Å²) in [6.45, 7) is 1.40. The third-order valence-corrected chi connectivity index (χ3v) is 5.88. The molecule has 33 heavy (non-hydrogen) atoms. The number of imidazole rings is 1. The van der Waals surface area contributed by atoms with E-state index in [0.717, 1.165) is 4.57 Å². The van der Waals surface area contributed by atoms with Crippen molar-refractivity contribution in [1.82, 2.24) is 9.13 Å².